The number of likely N-dealkylation sites (N-methyl/N-ethyl adjacent to an activating group) is 1. The number of nitrogens with zero attached hydrogens (tertiary/aromatic N) is 3. The number of β-amino-alcohol motifs (C(OH)–C–C–N with tert-alkyl or cyclic N) is 1. The van der Waals surface area contributed by atoms with Crippen molar-refractivity contribution in [2.75, 3.05) is 53.0 Å². The number of carbonyl (C=O) groups is 1. The van der Waals surface area contributed by atoms with Crippen molar-refractivity contribution in [1.82, 2.24) is 14.1 Å². The number of benzene rings is 1. The molecule has 0 aliphatic carbocycles. The van der Waals surface area contributed by atoms with E-state index in [1.54, 1.807) is 31.2 Å². The molecular weight excluding hydrogens is 446 g/mol. The number of aliphatic hydroxyl groups excluding tert-OH is 1. The molecule has 3 fully saturated rings. The van der Waals surface area contributed by atoms with E-state index in [1.165, 1.54) is 4.31 Å². The second-order valence-corrected chi connectivity index (χ2v) is 11.2. The smallest absolute Gasteiger partial charge is 0.243 e. The van der Waals surface area contributed by atoms with Crippen LogP contribution in [0.2, 0.25) is 0 Å². The first-order chi connectivity index (χ1) is 15.8. The quantitative estimate of drug-likeness (QED) is 0.667. The Morgan fingerprint density at radius 3 is 2.58 bits per heavy atom. The Bertz CT molecular complexity index is 934. The zero-order chi connectivity index (χ0) is 23.6. The second kappa shape index (κ2) is 10.4. The number of aryl methyl sites for hydroxylation is 1. The Labute approximate surface area is 196 Å². The van der Waals surface area contributed by atoms with Gasteiger partial charge in [-0.05, 0) is 38.4 Å². The molecule has 3 heterocycles. The molecule has 4 rings (SSSR count). The van der Waals surface area contributed by atoms with Crippen molar-refractivity contribution in [3.05, 3.63) is 29.8 Å². The summed E-state index contributed by atoms with van der Waals surface area (Å²) in [4.78, 5) is 17.1. The van der Waals surface area contributed by atoms with Crippen LogP contribution in [-0.2, 0) is 24.3 Å². The minimum atomic E-state index is -3.84. The van der Waals surface area contributed by atoms with E-state index in [-0.39, 0.29) is 36.7 Å². The molecule has 0 radical (unpaired) electrons. The number of amides is 1. The number of ether oxygens (including phenoxy) is 2. The van der Waals surface area contributed by atoms with Gasteiger partial charge in [0.2, 0.25) is 15.9 Å². The predicted octanol–water partition coefficient (Wildman–Crippen LogP) is 0.457. The van der Waals surface area contributed by atoms with Crippen molar-refractivity contribution >= 4 is 15.9 Å². The third-order valence-electron chi connectivity index (χ3n) is 6.87. The third kappa shape index (κ3) is 5.58. The molecular formula is C23H35N3O6S. The van der Waals surface area contributed by atoms with Gasteiger partial charge >= 0.3 is 0 Å². The van der Waals surface area contributed by atoms with Gasteiger partial charge < -0.3 is 24.4 Å². The van der Waals surface area contributed by atoms with Gasteiger partial charge in [-0.3, -0.25) is 4.79 Å². The molecule has 3 aliphatic heterocycles. The Kier molecular flexibility index (Phi) is 7.72. The minimum Gasteiger partial charge on any atom is -0.389 e. The zero-order valence-electron chi connectivity index (χ0n) is 19.4. The number of sulfonamides is 1. The van der Waals surface area contributed by atoms with Crippen LogP contribution in [0.25, 0.3) is 0 Å². The average Bonchev–Trinajstić information content (AvgIpc) is 2.77. The Hall–Kier alpha value is -1.56. The van der Waals surface area contributed by atoms with Gasteiger partial charge in [0.05, 0.1) is 48.9 Å². The monoisotopic (exact) mass is 481 g/mol. The van der Waals surface area contributed by atoms with Gasteiger partial charge in [-0.15, -0.1) is 0 Å². The van der Waals surface area contributed by atoms with Crippen molar-refractivity contribution < 1.29 is 27.8 Å². The van der Waals surface area contributed by atoms with Crippen LogP contribution in [0, 0.1) is 6.92 Å². The fraction of sp³-hybridized carbons (Fsp3) is 0.696. The van der Waals surface area contributed by atoms with Crippen LogP contribution < -0.4 is 0 Å². The normalized spacial score (nSPS) is 30.3. The molecule has 9 nitrogen and oxygen atoms in total. The highest BCUT2D eigenvalue weighted by molar-refractivity contribution is 7.89. The lowest BCUT2D eigenvalue weighted by Gasteiger charge is -2.44. The average molecular weight is 482 g/mol. The van der Waals surface area contributed by atoms with Crippen molar-refractivity contribution in [2.45, 2.75) is 55.4 Å². The topological polar surface area (TPSA) is 99.6 Å². The molecule has 1 amide bonds. The maximum Gasteiger partial charge on any atom is 0.243 e. The molecule has 0 bridgehead atoms. The third-order valence-corrected chi connectivity index (χ3v) is 8.92. The van der Waals surface area contributed by atoms with Crippen molar-refractivity contribution in [1.29, 1.82) is 0 Å². The highest BCUT2D eigenvalue weighted by Crippen LogP contribution is 2.32. The molecule has 1 aromatic carbocycles. The minimum absolute atomic E-state index is 0.0390. The van der Waals surface area contributed by atoms with Gasteiger partial charge in [0.25, 0.3) is 0 Å². The molecule has 0 spiro atoms. The summed E-state index contributed by atoms with van der Waals surface area (Å²) in [5.41, 5.74) is 0.661. The van der Waals surface area contributed by atoms with E-state index in [2.05, 4.69) is 11.9 Å². The van der Waals surface area contributed by atoms with Crippen LogP contribution in [0.4, 0.5) is 0 Å². The van der Waals surface area contributed by atoms with E-state index in [0.29, 0.717) is 24.8 Å². The maximum absolute atomic E-state index is 13.6. The molecule has 0 unspecified atom stereocenters. The number of hydrogen-bond donors (Lipinski definition) is 1. The van der Waals surface area contributed by atoms with E-state index >= 15 is 0 Å². The van der Waals surface area contributed by atoms with E-state index < -0.39 is 28.3 Å². The van der Waals surface area contributed by atoms with Gasteiger partial charge in [-0.25, -0.2) is 8.42 Å². The maximum atomic E-state index is 13.6. The van der Waals surface area contributed by atoms with Crippen LogP contribution in [0.3, 0.4) is 0 Å². The number of carbonyl (C=O) groups excluding carboxylic acids is 1. The largest absolute Gasteiger partial charge is 0.389 e. The second-order valence-electron chi connectivity index (χ2n) is 9.36. The number of aliphatic hydroxyl groups is 1. The lowest BCUT2D eigenvalue weighted by atomic mass is 9.96. The molecule has 0 saturated carbocycles. The van der Waals surface area contributed by atoms with Crippen molar-refractivity contribution in [3.8, 4) is 0 Å². The van der Waals surface area contributed by atoms with E-state index in [4.69, 9.17) is 9.47 Å². The summed E-state index contributed by atoms with van der Waals surface area (Å²) >= 11 is 0. The fourth-order valence-corrected chi connectivity index (χ4v) is 6.87. The van der Waals surface area contributed by atoms with Crippen LogP contribution in [0.15, 0.2) is 29.2 Å². The first kappa shape index (κ1) is 24.6. The lowest BCUT2D eigenvalue weighted by Crippen LogP contribution is -2.57. The molecule has 4 atom stereocenters. The molecule has 10 heteroatoms. The van der Waals surface area contributed by atoms with Gasteiger partial charge in [-0.1, -0.05) is 18.2 Å². The highest BCUT2D eigenvalue weighted by Gasteiger charge is 2.43. The SMILES string of the molecule is Cc1ccccc1S(=O)(=O)N1C[C@H](O)COC[C@@H]2O[C@H](CC(=O)N3CCN(C)CC3)CC[C@H]21. The first-order valence-corrected chi connectivity index (χ1v) is 13.1. The first-order valence-electron chi connectivity index (χ1n) is 11.7. The molecule has 33 heavy (non-hydrogen) atoms. The molecule has 1 aromatic rings. The Morgan fingerprint density at radius 1 is 1.12 bits per heavy atom. The number of fused-ring (bicyclic) bond motifs is 1. The van der Waals surface area contributed by atoms with Crippen molar-refractivity contribution in [2.24, 2.45) is 0 Å². The van der Waals surface area contributed by atoms with E-state index in [9.17, 15) is 18.3 Å². The van der Waals surface area contributed by atoms with E-state index in [0.717, 1.165) is 26.2 Å². The van der Waals surface area contributed by atoms with Crippen LogP contribution in [0.1, 0.15) is 24.8 Å². The van der Waals surface area contributed by atoms with Gasteiger partial charge in [0, 0.05) is 32.7 Å². The van der Waals surface area contributed by atoms with Crippen LogP contribution in [0.5, 0.6) is 0 Å². The number of hydrogen-bond acceptors (Lipinski definition) is 7. The molecule has 0 aromatic heterocycles. The molecule has 184 valence electrons. The lowest BCUT2D eigenvalue weighted by molar-refractivity contribution is -0.152. The predicted molar refractivity (Wildman–Crippen MR) is 122 cm³/mol. The molecule has 3 saturated heterocycles. The van der Waals surface area contributed by atoms with E-state index in [1.807, 2.05) is 4.90 Å². The van der Waals surface area contributed by atoms with Gasteiger partial charge in [0.1, 0.15) is 0 Å². The summed E-state index contributed by atoms with van der Waals surface area (Å²) in [5, 5.41) is 10.4. The summed E-state index contributed by atoms with van der Waals surface area (Å²) < 4.78 is 40.5. The molecule has 1 N–H and O–H groups in total. The Morgan fingerprint density at radius 2 is 1.85 bits per heavy atom. The highest BCUT2D eigenvalue weighted by atomic mass is 32.2. The van der Waals surface area contributed by atoms with Crippen LogP contribution in [-0.4, -0.2) is 111 Å². The summed E-state index contributed by atoms with van der Waals surface area (Å²) in [6, 6.07) is 6.42. The fourth-order valence-electron chi connectivity index (χ4n) is 4.92. The van der Waals surface area contributed by atoms with Gasteiger partial charge in [0.15, 0.2) is 0 Å². The standard InChI is InChI=1S/C23H35N3O6S/c1-17-5-3-4-6-22(17)33(29,30)26-14-18(27)15-31-16-21-20(26)8-7-19(32-21)13-23(28)25-11-9-24(2)10-12-25/h3-6,18-21,27H,7-16H2,1-2H3/t18-,19-,20+,21-/m0/s1. The summed E-state index contributed by atoms with van der Waals surface area (Å²) in [5.74, 6) is 0.0816. The summed E-state index contributed by atoms with van der Waals surface area (Å²) in [7, 11) is -1.79. The number of rotatable bonds is 4. The van der Waals surface area contributed by atoms with Crippen molar-refractivity contribution in [3.63, 3.8) is 0 Å². The summed E-state index contributed by atoms with van der Waals surface area (Å²) in [6.07, 6.45) is -0.255. The summed E-state index contributed by atoms with van der Waals surface area (Å²) in [6.45, 7) is 5.11. The zero-order valence-corrected chi connectivity index (χ0v) is 20.2. The molecule has 3 aliphatic rings. The van der Waals surface area contributed by atoms with Gasteiger partial charge in [-0.2, -0.15) is 4.31 Å². The number of piperazine rings is 1. The van der Waals surface area contributed by atoms with Crippen LogP contribution >= 0.6 is 0 Å². The Balaban J connectivity index is 1.49.